The first kappa shape index (κ1) is 21.1. The van der Waals surface area contributed by atoms with Crippen LogP contribution in [0.1, 0.15) is 22.8 Å². The Bertz CT molecular complexity index is 883. The average molecular weight is 405 g/mol. The molecule has 2 aromatic carbocycles. The number of methoxy groups -OCH3 is 1. The molecule has 7 nitrogen and oxygen atoms in total. The van der Waals surface area contributed by atoms with Gasteiger partial charge >= 0.3 is 0 Å². The first-order chi connectivity index (χ1) is 13.5. The van der Waals surface area contributed by atoms with Gasteiger partial charge in [-0.2, -0.15) is 5.10 Å². The van der Waals surface area contributed by atoms with Crippen molar-refractivity contribution in [3.05, 3.63) is 59.1 Å². The molecule has 148 valence electrons. The van der Waals surface area contributed by atoms with Crippen LogP contribution in [-0.4, -0.2) is 37.6 Å². The zero-order valence-electron chi connectivity index (χ0n) is 15.6. The molecule has 0 saturated heterocycles. The van der Waals surface area contributed by atoms with Crippen LogP contribution in [0, 0.1) is 0 Å². The summed E-state index contributed by atoms with van der Waals surface area (Å²) >= 11 is 5.92. The van der Waals surface area contributed by atoms with Crippen molar-refractivity contribution in [1.29, 1.82) is 0 Å². The Morgan fingerprint density at radius 2 is 2.04 bits per heavy atom. The second-order valence-electron chi connectivity index (χ2n) is 5.45. The molecular weight excluding hydrogens is 384 g/mol. The standard InChI is InChI=1S/C20H21ClN2O5/c1-4-8-28-16-7-6-14(11-17(16)27-5-2)20(25)23-22-12-13-9-15(21)19(24)18(10-13)26-3/h4,6-7,9-12,24H,1,5,8H2,2-3H3,(H,23,25)/b22-12+. The molecule has 0 spiro atoms. The zero-order valence-corrected chi connectivity index (χ0v) is 16.3. The van der Waals surface area contributed by atoms with Gasteiger partial charge in [-0.25, -0.2) is 5.43 Å². The summed E-state index contributed by atoms with van der Waals surface area (Å²) in [7, 11) is 1.41. The number of aromatic hydroxyl groups is 1. The summed E-state index contributed by atoms with van der Waals surface area (Å²) in [6, 6.07) is 7.86. The van der Waals surface area contributed by atoms with Gasteiger partial charge in [0.2, 0.25) is 0 Å². The number of nitrogens with one attached hydrogen (secondary N) is 1. The monoisotopic (exact) mass is 404 g/mol. The number of amides is 1. The number of phenols is 1. The van der Waals surface area contributed by atoms with Crippen molar-refractivity contribution >= 4 is 23.7 Å². The maximum atomic E-state index is 12.3. The van der Waals surface area contributed by atoms with Crippen LogP contribution in [0.3, 0.4) is 0 Å². The van der Waals surface area contributed by atoms with Crippen LogP contribution >= 0.6 is 11.6 Å². The molecule has 0 saturated carbocycles. The summed E-state index contributed by atoms with van der Waals surface area (Å²) in [4.78, 5) is 12.3. The fourth-order valence-electron chi connectivity index (χ4n) is 2.24. The summed E-state index contributed by atoms with van der Waals surface area (Å²) in [5.41, 5.74) is 3.32. The lowest BCUT2D eigenvalue weighted by Crippen LogP contribution is -2.17. The maximum absolute atomic E-state index is 12.3. The quantitative estimate of drug-likeness (QED) is 0.377. The van der Waals surface area contributed by atoms with Crippen LogP contribution < -0.4 is 19.6 Å². The summed E-state index contributed by atoms with van der Waals surface area (Å²) in [5.74, 6) is 0.595. The van der Waals surface area contributed by atoms with Gasteiger partial charge in [0.15, 0.2) is 23.0 Å². The Morgan fingerprint density at radius 3 is 2.71 bits per heavy atom. The molecule has 28 heavy (non-hydrogen) atoms. The molecule has 0 aromatic heterocycles. The van der Waals surface area contributed by atoms with Crippen LogP contribution in [-0.2, 0) is 0 Å². The van der Waals surface area contributed by atoms with E-state index in [1.807, 2.05) is 6.92 Å². The van der Waals surface area contributed by atoms with E-state index >= 15 is 0 Å². The fraction of sp³-hybridized carbons (Fsp3) is 0.200. The third-order valence-electron chi connectivity index (χ3n) is 3.51. The Labute approximate surface area is 168 Å². The molecule has 2 N–H and O–H groups in total. The third kappa shape index (κ3) is 5.40. The van der Waals surface area contributed by atoms with Gasteiger partial charge in [0.1, 0.15) is 6.61 Å². The smallest absolute Gasteiger partial charge is 0.271 e. The number of phenolic OH excluding ortho intramolecular Hbond substituents is 1. The Balaban J connectivity index is 2.12. The van der Waals surface area contributed by atoms with E-state index in [0.717, 1.165) is 0 Å². The van der Waals surface area contributed by atoms with Crippen molar-refractivity contribution in [2.45, 2.75) is 6.92 Å². The molecular formula is C20H21ClN2O5. The predicted molar refractivity (Wildman–Crippen MR) is 108 cm³/mol. The molecule has 2 rings (SSSR count). The van der Waals surface area contributed by atoms with Gasteiger partial charge in [0, 0.05) is 5.56 Å². The number of hydrogen-bond acceptors (Lipinski definition) is 6. The first-order valence-corrected chi connectivity index (χ1v) is 8.78. The highest BCUT2D eigenvalue weighted by molar-refractivity contribution is 6.32. The predicted octanol–water partition coefficient (Wildman–Crippen LogP) is 3.78. The number of carbonyl (C=O) groups is 1. The highest BCUT2D eigenvalue weighted by atomic mass is 35.5. The normalized spacial score (nSPS) is 10.5. The Kier molecular flexibility index (Phi) is 7.71. The number of benzene rings is 2. The summed E-state index contributed by atoms with van der Waals surface area (Å²) in [6.45, 7) is 6.20. The van der Waals surface area contributed by atoms with Gasteiger partial charge in [-0.3, -0.25) is 4.79 Å². The number of carbonyl (C=O) groups excluding carboxylic acids is 1. The van der Waals surface area contributed by atoms with E-state index in [1.54, 1.807) is 24.3 Å². The SMILES string of the molecule is C=CCOc1ccc(C(=O)N/N=C/c2cc(Cl)c(O)c(OC)c2)cc1OCC. The lowest BCUT2D eigenvalue weighted by Gasteiger charge is -2.12. The molecule has 0 fully saturated rings. The number of hydrazone groups is 1. The lowest BCUT2D eigenvalue weighted by atomic mass is 10.2. The minimum absolute atomic E-state index is 0.114. The van der Waals surface area contributed by atoms with Crippen LogP contribution in [0.5, 0.6) is 23.0 Å². The zero-order chi connectivity index (χ0) is 20.5. The van der Waals surface area contributed by atoms with E-state index in [-0.39, 0.29) is 16.5 Å². The van der Waals surface area contributed by atoms with Gasteiger partial charge in [-0.1, -0.05) is 24.3 Å². The molecule has 0 bridgehead atoms. The molecule has 0 unspecified atom stereocenters. The minimum atomic E-state index is -0.427. The van der Waals surface area contributed by atoms with E-state index in [9.17, 15) is 9.90 Å². The van der Waals surface area contributed by atoms with Crippen molar-refractivity contribution in [1.82, 2.24) is 5.43 Å². The number of halogens is 1. The van der Waals surface area contributed by atoms with Crippen molar-refractivity contribution in [2.75, 3.05) is 20.3 Å². The molecule has 2 aromatic rings. The molecule has 0 atom stereocenters. The van der Waals surface area contributed by atoms with E-state index in [2.05, 4.69) is 17.1 Å². The van der Waals surface area contributed by atoms with Crippen molar-refractivity contribution in [3.63, 3.8) is 0 Å². The van der Waals surface area contributed by atoms with Crippen LogP contribution in [0.25, 0.3) is 0 Å². The number of nitrogens with zero attached hydrogens (tertiary/aromatic N) is 1. The molecule has 1 amide bonds. The highest BCUT2D eigenvalue weighted by Crippen LogP contribution is 2.34. The highest BCUT2D eigenvalue weighted by Gasteiger charge is 2.11. The average Bonchev–Trinajstić information content (AvgIpc) is 2.69. The van der Waals surface area contributed by atoms with Gasteiger partial charge in [-0.15, -0.1) is 0 Å². The van der Waals surface area contributed by atoms with Gasteiger partial charge in [-0.05, 0) is 42.8 Å². The molecule has 0 aliphatic rings. The van der Waals surface area contributed by atoms with Crippen LogP contribution in [0.2, 0.25) is 5.02 Å². The Morgan fingerprint density at radius 1 is 1.25 bits per heavy atom. The van der Waals surface area contributed by atoms with Crippen molar-refractivity contribution in [3.8, 4) is 23.0 Å². The second-order valence-corrected chi connectivity index (χ2v) is 5.85. The van der Waals surface area contributed by atoms with Crippen LogP contribution in [0.15, 0.2) is 48.1 Å². The summed E-state index contributed by atoms with van der Waals surface area (Å²) < 4.78 is 16.0. The van der Waals surface area contributed by atoms with Gasteiger partial charge in [0.25, 0.3) is 5.91 Å². The largest absolute Gasteiger partial charge is 0.503 e. The van der Waals surface area contributed by atoms with Crippen LogP contribution in [0.4, 0.5) is 0 Å². The molecule has 0 heterocycles. The van der Waals surface area contributed by atoms with E-state index in [0.29, 0.717) is 35.8 Å². The fourth-order valence-corrected chi connectivity index (χ4v) is 2.46. The van der Waals surface area contributed by atoms with E-state index < -0.39 is 5.91 Å². The second kappa shape index (κ2) is 10.2. The van der Waals surface area contributed by atoms with Gasteiger partial charge in [0.05, 0.1) is 25.0 Å². The molecule has 8 heteroatoms. The van der Waals surface area contributed by atoms with Crippen molar-refractivity contribution in [2.24, 2.45) is 5.10 Å². The molecule has 0 aliphatic heterocycles. The maximum Gasteiger partial charge on any atom is 0.271 e. The van der Waals surface area contributed by atoms with E-state index in [1.165, 1.54) is 25.5 Å². The topological polar surface area (TPSA) is 89.4 Å². The third-order valence-corrected chi connectivity index (χ3v) is 3.80. The van der Waals surface area contributed by atoms with E-state index in [4.69, 9.17) is 25.8 Å². The summed E-state index contributed by atoms with van der Waals surface area (Å²) in [6.07, 6.45) is 3.01. The first-order valence-electron chi connectivity index (χ1n) is 8.40. The molecule has 0 radical (unpaired) electrons. The van der Waals surface area contributed by atoms with Gasteiger partial charge < -0.3 is 19.3 Å². The Hall–Kier alpha value is -3.19. The van der Waals surface area contributed by atoms with Crippen molar-refractivity contribution < 1.29 is 24.1 Å². The minimum Gasteiger partial charge on any atom is -0.503 e. The molecule has 0 aliphatic carbocycles. The number of rotatable bonds is 9. The number of ether oxygens (including phenoxy) is 3. The summed E-state index contributed by atoms with van der Waals surface area (Å²) in [5, 5.41) is 13.8. The lowest BCUT2D eigenvalue weighted by molar-refractivity contribution is 0.0954. The number of hydrogen-bond donors (Lipinski definition) is 2.